The second kappa shape index (κ2) is 5.44. The van der Waals surface area contributed by atoms with Crippen LogP contribution < -0.4 is 11.1 Å². The molecular weight excluding hydrogens is 246 g/mol. The second-order valence-electron chi connectivity index (χ2n) is 5.07. The zero-order chi connectivity index (χ0) is 13.9. The Morgan fingerprint density at radius 2 is 2.37 bits per heavy atom. The molecule has 4 N–H and O–H groups in total. The molecule has 6 heteroatoms. The van der Waals surface area contributed by atoms with Crippen LogP contribution in [0, 0.1) is 5.41 Å². The number of carbonyl (C=O) groups is 1. The molecule has 1 aliphatic carbocycles. The van der Waals surface area contributed by atoms with Gasteiger partial charge in [-0.05, 0) is 30.7 Å². The zero-order valence-electron chi connectivity index (χ0n) is 11.0. The average molecular weight is 265 g/mol. The van der Waals surface area contributed by atoms with Crippen molar-refractivity contribution in [2.24, 2.45) is 5.41 Å². The Morgan fingerprint density at radius 3 is 2.95 bits per heavy atom. The molecule has 0 aliphatic heterocycles. The van der Waals surface area contributed by atoms with Gasteiger partial charge in [0.1, 0.15) is 11.4 Å². The van der Waals surface area contributed by atoms with Crippen molar-refractivity contribution in [1.82, 2.24) is 4.98 Å². The first-order valence-corrected chi connectivity index (χ1v) is 6.28. The lowest BCUT2D eigenvalue weighted by atomic mass is 10.0. The van der Waals surface area contributed by atoms with Crippen LogP contribution in [0.25, 0.3) is 0 Å². The number of pyridine rings is 1. The van der Waals surface area contributed by atoms with Crippen molar-refractivity contribution in [3.05, 3.63) is 17.8 Å². The predicted octanol–water partition coefficient (Wildman–Crippen LogP) is 1.59. The number of nitrogens with two attached hydrogens (primary N) is 1. The van der Waals surface area contributed by atoms with Crippen molar-refractivity contribution in [2.45, 2.75) is 19.3 Å². The molecule has 0 amide bonds. The molecule has 6 nitrogen and oxygen atoms in total. The minimum absolute atomic E-state index is 0.113. The second-order valence-corrected chi connectivity index (χ2v) is 5.07. The highest BCUT2D eigenvalue weighted by atomic mass is 16.5. The first-order chi connectivity index (χ1) is 9.06. The Bertz CT molecular complexity index is 472. The molecule has 2 rings (SSSR count). The lowest BCUT2D eigenvalue weighted by molar-refractivity contribution is 0.0697. The number of carboxylic acids is 1. The van der Waals surface area contributed by atoms with Gasteiger partial charge in [0.25, 0.3) is 0 Å². The highest BCUT2D eigenvalue weighted by Crippen LogP contribution is 2.48. The number of aromatic nitrogens is 1. The van der Waals surface area contributed by atoms with Crippen LogP contribution in [0.15, 0.2) is 12.3 Å². The Labute approximate surface area is 112 Å². The van der Waals surface area contributed by atoms with Gasteiger partial charge in [0, 0.05) is 20.3 Å². The lowest BCUT2D eigenvalue weighted by Gasteiger charge is -2.17. The summed E-state index contributed by atoms with van der Waals surface area (Å²) < 4.78 is 5.09. The van der Waals surface area contributed by atoms with Crippen LogP contribution in [-0.4, -0.2) is 36.3 Å². The van der Waals surface area contributed by atoms with Gasteiger partial charge < -0.3 is 20.9 Å². The van der Waals surface area contributed by atoms with Gasteiger partial charge in [-0.15, -0.1) is 0 Å². The summed E-state index contributed by atoms with van der Waals surface area (Å²) in [5.74, 6) is -0.644. The number of ether oxygens (including phenoxy) is 1. The average Bonchev–Trinajstić information content (AvgIpc) is 3.15. The summed E-state index contributed by atoms with van der Waals surface area (Å²) in [7, 11) is 1.69. The van der Waals surface area contributed by atoms with E-state index in [1.807, 2.05) is 0 Å². The summed E-state index contributed by atoms with van der Waals surface area (Å²) >= 11 is 0. The van der Waals surface area contributed by atoms with Gasteiger partial charge in [-0.3, -0.25) is 0 Å². The number of anilines is 2. The number of nitrogens with one attached hydrogen (secondary N) is 1. The van der Waals surface area contributed by atoms with E-state index >= 15 is 0 Å². The number of carboxylic acid groups (broad SMARTS) is 1. The predicted molar refractivity (Wildman–Crippen MR) is 72.3 cm³/mol. The van der Waals surface area contributed by atoms with E-state index in [-0.39, 0.29) is 11.0 Å². The maximum absolute atomic E-state index is 11.1. The van der Waals surface area contributed by atoms with Crippen molar-refractivity contribution in [1.29, 1.82) is 0 Å². The largest absolute Gasteiger partial charge is 0.478 e. The number of nitrogen functional groups attached to an aromatic ring is 1. The van der Waals surface area contributed by atoms with Crippen molar-refractivity contribution < 1.29 is 14.6 Å². The maximum Gasteiger partial charge on any atom is 0.339 e. The number of hydrogen-bond donors (Lipinski definition) is 3. The fourth-order valence-corrected chi connectivity index (χ4v) is 2.07. The van der Waals surface area contributed by atoms with E-state index in [1.165, 1.54) is 12.3 Å². The summed E-state index contributed by atoms with van der Waals surface area (Å²) in [5, 5.41) is 12.3. The Morgan fingerprint density at radius 1 is 1.63 bits per heavy atom. The molecule has 1 saturated carbocycles. The molecule has 1 heterocycles. The first-order valence-electron chi connectivity index (χ1n) is 6.28. The number of methoxy groups -OCH3 is 1. The van der Waals surface area contributed by atoms with E-state index < -0.39 is 5.97 Å². The summed E-state index contributed by atoms with van der Waals surface area (Å²) in [6.07, 6.45) is 4.72. The minimum atomic E-state index is -1.02. The molecule has 0 atom stereocenters. The maximum atomic E-state index is 11.1. The molecule has 1 aromatic rings. The van der Waals surface area contributed by atoms with Gasteiger partial charge >= 0.3 is 5.97 Å². The third-order valence-electron chi connectivity index (χ3n) is 3.56. The molecule has 0 unspecified atom stereocenters. The third-order valence-corrected chi connectivity index (χ3v) is 3.56. The fourth-order valence-electron chi connectivity index (χ4n) is 2.07. The monoisotopic (exact) mass is 265 g/mol. The smallest absolute Gasteiger partial charge is 0.339 e. The highest BCUT2D eigenvalue weighted by molar-refractivity contribution is 5.94. The SMILES string of the molecule is COCCC1(CNc2ncc(N)cc2C(=O)O)CC1. The summed E-state index contributed by atoms with van der Waals surface area (Å²) in [6.45, 7) is 1.44. The number of aromatic carboxylic acids is 1. The van der Waals surface area contributed by atoms with Crippen molar-refractivity contribution in [2.75, 3.05) is 31.3 Å². The van der Waals surface area contributed by atoms with Crippen LogP contribution in [0.2, 0.25) is 0 Å². The summed E-state index contributed by atoms with van der Waals surface area (Å²) in [6, 6.07) is 1.42. The summed E-state index contributed by atoms with van der Waals surface area (Å²) in [4.78, 5) is 15.2. The van der Waals surface area contributed by atoms with Crippen LogP contribution in [0.5, 0.6) is 0 Å². The number of hydrogen-bond acceptors (Lipinski definition) is 5. The molecular formula is C13H19N3O3. The highest BCUT2D eigenvalue weighted by Gasteiger charge is 2.41. The van der Waals surface area contributed by atoms with Crippen LogP contribution in [0.1, 0.15) is 29.6 Å². The molecule has 19 heavy (non-hydrogen) atoms. The van der Waals surface area contributed by atoms with E-state index in [4.69, 9.17) is 15.6 Å². The van der Waals surface area contributed by atoms with E-state index in [0.717, 1.165) is 25.9 Å². The Balaban J connectivity index is 2.01. The van der Waals surface area contributed by atoms with Gasteiger partial charge in [-0.2, -0.15) is 0 Å². The van der Waals surface area contributed by atoms with Crippen molar-refractivity contribution >= 4 is 17.5 Å². The standard InChI is InChI=1S/C13H19N3O3/c1-19-5-4-13(2-3-13)8-16-11-10(12(17)18)6-9(14)7-15-11/h6-7H,2-5,8,14H2,1H3,(H,15,16)(H,17,18). The van der Waals surface area contributed by atoms with Gasteiger partial charge in [0.15, 0.2) is 0 Å². The molecule has 1 aliphatic rings. The molecule has 0 spiro atoms. The Hall–Kier alpha value is -1.82. The van der Waals surface area contributed by atoms with Gasteiger partial charge in [0.05, 0.1) is 11.9 Å². The number of nitrogens with zero attached hydrogens (tertiary/aromatic N) is 1. The van der Waals surface area contributed by atoms with Crippen molar-refractivity contribution in [3.8, 4) is 0 Å². The Kier molecular flexibility index (Phi) is 3.90. The molecule has 0 saturated heterocycles. The molecule has 104 valence electrons. The molecule has 1 aromatic heterocycles. The fraction of sp³-hybridized carbons (Fsp3) is 0.538. The van der Waals surface area contributed by atoms with Gasteiger partial charge in [-0.25, -0.2) is 9.78 Å². The molecule has 0 radical (unpaired) electrons. The minimum Gasteiger partial charge on any atom is -0.478 e. The number of rotatable bonds is 7. The summed E-state index contributed by atoms with van der Waals surface area (Å²) in [5.41, 5.74) is 6.25. The molecule has 1 fully saturated rings. The van der Waals surface area contributed by atoms with Gasteiger partial charge in [0.2, 0.25) is 0 Å². The zero-order valence-corrected chi connectivity index (χ0v) is 11.0. The molecule has 0 bridgehead atoms. The van der Waals surface area contributed by atoms with E-state index in [2.05, 4.69) is 10.3 Å². The molecule has 0 aromatic carbocycles. The lowest BCUT2D eigenvalue weighted by Crippen LogP contribution is -2.19. The van der Waals surface area contributed by atoms with Crippen LogP contribution >= 0.6 is 0 Å². The van der Waals surface area contributed by atoms with E-state index in [1.54, 1.807) is 7.11 Å². The first kappa shape index (κ1) is 13.6. The van der Waals surface area contributed by atoms with E-state index in [0.29, 0.717) is 18.1 Å². The third kappa shape index (κ3) is 3.35. The van der Waals surface area contributed by atoms with E-state index in [9.17, 15) is 4.79 Å². The normalized spacial score (nSPS) is 16.1. The van der Waals surface area contributed by atoms with Crippen LogP contribution in [0.4, 0.5) is 11.5 Å². The quantitative estimate of drug-likeness (QED) is 0.692. The van der Waals surface area contributed by atoms with Crippen LogP contribution in [0.3, 0.4) is 0 Å². The van der Waals surface area contributed by atoms with Crippen LogP contribution in [-0.2, 0) is 4.74 Å². The van der Waals surface area contributed by atoms with Crippen molar-refractivity contribution in [3.63, 3.8) is 0 Å². The van der Waals surface area contributed by atoms with Gasteiger partial charge in [-0.1, -0.05) is 0 Å². The topological polar surface area (TPSA) is 97.5 Å².